The van der Waals surface area contributed by atoms with Crippen LogP contribution in [0, 0.1) is 0 Å². The van der Waals surface area contributed by atoms with Crippen molar-refractivity contribution < 1.29 is 9.90 Å². The number of fused-ring (bicyclic) bond motifs is 1. The van der Waals surface area contributed by atoms with Gasteiger partial charge in [0.05, 0.1) is 11.4 Å². The number of amides is 1. The number of aryl methyl sites for hydroxylation is 1. The smallest absolute Gasteiger partial charge is 0.237 e. The summed E-state index contributed by atoms with van der Waals surface area (Å²) in [5.74, 6) is 0.634. The van der Waals surface area contributed by atoms with E-state index in [0.717, 1.165) is 23.3 Å². The van der Waals surface area contributed by atoms with E-state index >= 15 is 0 Å². The first-order valence-corrected chi connectivity index (χ1v) is 8.03. The third-order valence-corrected chi connectivity index (χ3v) is 4.60. The van der Waals surface area contributed by atoms with Crippen LogP contribution < -0.4 is 4.90 Å². The van der Waals surface area contributed by atoms with Gasteiger partial charge >= 0.3 is 0 Å². The number of carbonyl (C=O) groups excluding carboxylic acids is 1. The van der Waals surface area contributed by atoms with Gasteiger partial charge in [-0.05, 0) is 36.6 Å². The van der Waals surface area contributed by atoms with E-state index in [-0.39, 0.29) is 11.7 Å². The van der Waals surface area contributed by atoms with Crippen molar-refractivity contribution in [1.29, 1.82) is 0 Å². The summed E-state index contributed by atoms with van der Waals surface area (Å²) in [6.45, 7) is 0.679. The third kappa shape index (κ3) is 3.05. The van der Waals surface area contributed by atoms with Gasteiger partial charge in [0.1, 0.15) is 5.75 Å². The van der Waals surface area contributed by atoms with Crippen LogP contribution in [-0.4, -0.2) is 23.3 Å². The molecular formula is C17H17NO2S. The number of aromatic hydroxyl groups is 1. The van der Waals surface area contributed by atoms with Crippen molar-refractivity contribution in [3.8, 4) is 5.75 Å². The standard InChI is InChI=1S/C17H17NO2S/c19-15-10-4-6-13-7-5-11-18(17(13)15)16(20)12-21-14-8-2-1-3-9-14/h1-4,6,8-10,19H,5,7,11-12H2. The third-order valence-electron chi connectivity index (χ3n) is 3.60. The summed E-state index contributed by atoms with van der Waals surface area (Å²) in [6, 6.07) is 15.4. The lowest BCUT2D eigenvalue weighted by atomic mass is 10.0. The molecule has 21 heavy (non-hydrogen) atoms. The first kappa shape index (κ1) is 14.0. The Bertz CT molecular complexity index is 642. The van der Waals surface area contributed by atoms with Crippen molar-refractivity contribution in [1.82, 2.24) is 0 Å². The molecule has 2 aromatic carbocycles. The molecule has 0 saturated heterocycles. The van der Waals surface area contributed by atoms with Crippen LogP contribution in [0.1, 0.15) is 12.0 Å². The van der Waals surface area contributed by atoms with Crippen LogP contribution in [0.4, 0.5) is 5.69 Å². The number of thioether (sulfide) groups is 1. The number of hydrogen-bond acceptors (Lipinski definition) is 3. The summed E-state index contributed by atoms with van der Waals surface area (Å²) in [7, 11) is 0. The summed E-state index contributed by atoms with van der Waals surface area (Å²) >= 11 is 1.53. The van der Waals surface area contributed by atoms with Gasteiger partial charge in [-0.25, -0.2) is 0 Å². The quantitative estimate of drug-likeness (QED) is 0.882. The molecule has 1 heterocycles. The molecule has 3 nitrogen and oxygen atoms in total. The lowest BCUT2D eigenvalue weighted by molar-refractivity contribution is -0.116. The first-order valence-electron chi connectivity index (χ1n) is 7.05. The molecule has 0 aromatic heterocycles. The molecule has 1 aliphatic heterocycles. The van der Waals surface area contributed by atoms with Crippen molar-refractivity contribution in [2.75, 3.05) is 17.2 Å². The van der Waals surface area contributed by atoms with Crippen LogP contribution in [0.3, 0.4) is 0 Å². The molecule has 3 rings (SSSR count). The van der Waals surface area contributed by atoms with Gasteiger partial charge in [-0.2, -0.15) is 0 Å². The highest BCUT2D eigenvalue weighted by Gasteiger charge is 2.25. The second kappa shape index (κ2) is 6.22. The number of hydrogen-bond donors (Lipinski definition) is 1. The van der Waals surface area contributed by atoms with Crippen LogP contribution in [0.5, 0.6) is 5.75 Å². The second-order valence-electron chi connectivity index (χ2n) is 5.04. The van der Waals surface area contributed by atoms with Gasteiger partial charge in [0, 0.05) is 11.4 Å². The Morgan fingerprint density at radius 3 is 2.76 bits per heavy atom. The van der Waals surface area contributed by atoms with Crippen molar-refractivity contribution in [2.24, 2.45) is 0 Å². The van der Waals surface area contributed by atoms with E-state index in [1.165, 1.54) is 11.8 Å². The molecule has 0 aliphatic carbocycles. The zero-order valence-electron chi connectivity index (χ0n) is 11.7. The van der Waals surface area contributed by atoms with Crippen LogP contribution in [-0.2, 0) is 11.2 Å². The van der Waals surface area contributed by atoms with Crippen molar-refractivity contribution in [2.45, 2.75) is 17.7 Å². The minimum Gasteiger partial charge on any atom is -0.506 e. The van der Waals surface area contributed by atoms with Gasteiger partial charge in [-0.3, -0.25) is 4.79 Å². The van der Waals surface area contributed by atoms with Gasteiger partial charge in [-0.1, -0.05) is 30.3 Å². The first-order chi connectivity index (χ1) is 10.3. The monoisotopic (exact) mass is 299 g/mol. The maximum Gasteiger partial charge on any atom is 0.237 e. The summed E-state index contributed by atoms with van der Waals surface area (Å²) in [4.78, 5) is 15.3. The van der Waals surface area contributed by atoms with Crippen LogP contribution in [0.15, 0.2) is 53.4 Å². The fourth-order valence-electron chi connectivity index (χ4n) is 2.62. The fourth-order valence-corrected chi connectivity index (χ4v) is 3.42. The van der Waals surface area contributed by atoms with Gasteiger partial charge in [0.2, 0.25) is 5.91 Å². The number of benzene rings is 2. The van der Waals surface area contributed by atoms with Crippen molar-refractivity contribution in [3.05, 3.63) is 54.1 Å². The lowest BCUT2D eigenvalue weighted by Gasteiger charge is -2.30. The maximum atomic E-state index is 12.5. The number of para-hydroxylation sites is 1. The SMILES string of the molecule is O=C(CSc1ccccc1)N1CCCc2cccc(O)c21. The predicted molar refractivity (Wildman–Crippen MR) is 85.9 cm³/mol. The Labute approximate surface area is 128 Å². The van der Waals surface area contributed by atoms with Gasteiger partial charge in [0.25, 0.3) is 0 Å². The highest BCUT2D eigenvalue weighted by Crippen LogP contribution is 2.35. The van der Waals surface area contributed by atoms with E-state index in [2.05, 4.69) is 0 Å². The van der Waals surface area contributed by atoms with E-state index in [0.29, 0.717) is 18.0 Å². The average molecular weight is 299 g/mol. The van der Waals surface area contributed by atoms with Crippen LogP contribution in [0.2, 0.25) is 0 Å². The topological polar surface area (TPSA) is 40.5 Å². The zero-order valence-corrected chi connectivity index (χ0v) is 12.5. The number of carbonyl (C=O) groups is 1. The molecule has 0 unspecified atom stereocenters. The van der Waals surface area contributed by atoms with Crippen molar-refractivity contribution in [3.63, 3.8) is 0 Å². The predicted octanol–water partition coefficient (Wildman–Crippen LogP) is 3.46. The molecule has 1 aliphatic rings. The number of anilines is 1. The summed E-state index contributed by atoms with van der Waals surface area (Å²) in [5.41, 5.74) is 1.75. The molecule has 2 aromatic rings. The molecule has 108 valence electrons. The van der Waals surface area contributed by atoms with E-state index in [9.17, 15) is 9.90 Å². The molecule has 0 radical (unpaired) electrons. The normalized spacial score (nSPS) is 13.8. The minimum absolute atomic E-state index is 0.0475. The summed E-state index contributed by atoms with van der Waals surface area (Å²) < 4.78 is 0. The Kier molecular flexibility index (Phi) is 4.15. The minimum atomic E-state index is 0.0475. The maximum absolute atomic E-state index is 12.5. The number of phenolic OH excluding ortho intramolecular Hbond substituents is 1. The van der Waals surface area contributed by atoms with E-state index in [1.54, 1.807) is 11.0 Å². The molecule has 1 N–H and O–H groups in total. The molecule has 0 atom stereocenters. The van der Waals surface area contributed by atoms with E-state index in [4.69, 9.17) is 0 Å². The van der Waals surface area contributed by atoms with Gasteiger partial charge in [-0.15, -0.1) is 11.8 Å². The molecule has 0 fully saturated rings. The van der Waals surface area contributed by atoms with Gasteiger partial charge in [0.15, 0.2) is 0 Å². The molecule has 0 bridgehead atoms. The molecule has 0 saturated carbocycles. The van der Waals surface area contributed by atoms with Gasteiger partial charge < -0.3 is 10.0 Å². The molecule has 1 amide bonds. The summed E-state index contributed by atoms with van der Waals surface area (Å²) in [5, 5.41) is 10.1. The Hall–Kier alpha value is -1.94. The lowest BCUT2D eigenvalue weighted by Crippen LogP contribution is -2.36. The Morgan fingerprint density at radius 2 is 1.95 bits per heavy atom. The van der Waals surface area contributed by atoms with Crippen LogP contribution in [0.25, 0.3) is 0 Å². The number of rotatable bonds is 3. The highest BCUT2D eigenvalue weighted by atomic mass is 32.2. The molecular weight excluding hydrogens is 282 g/mol. The van der Waals surface area contributed by atoms with Crippen molar-refractivity contribution >= 4 is 23.4 Å². The summed E-state index contributed by atoms with van der Waals surface area (Å²) in [6.07, 6.45) is 1.86. The zero-order chi connectivity index (χ0) is 14.7. The Balaban J connectivity index is 1.75. The number of nitrogens with zero attached hydrogens (tertiary/aromatic N) is 1. The largest absolute Gasteiger partial charge is 0.506 e. The molecule has 4 heteroatoms. The average Bonchev–Trinajstić information content (AvgIpc) is 2.53. The number of phenols is 1. The van der Waals surface area contributed by atoms with E-state index < -0.39 is 0 Å². The van der Waals surface area contributed by atoms with E-state index in [1.807, 2.05) is 42.5 Å². The fraction of sp³-hybridized carbons (Fsp3) is 0.235. The highest BCUT2D eigenvalue weighted by molar-refractivity contribution is 8.00. The Morgan fingerprint density at radius 1 is 1.14 bits per heavy atom. The van der Waals surface area contributed by atoms with Crippen LogP contribution >= 0.6 is 11.8 Å². The molecule has 0 spiro atoms. The second-order valence-corrected chi connectivity index (χ2v) is 6.08.